The molecule has 2 aliphatic rings. The minimum Gasteiger partial charge on any atom is -0.426 e. The Labute approximate surface area is 336 Å². The van der Waals surface area contributed by atoms with Gasteiger partial charge in [-0.15, -0.1) is 11.3 Å². The molecule has 2 fully saturated rings. The van der Waals surface area contributed by atoms with Crippen molar-refractivity contribution in [3.05, 3.63) is 113 Å². The van der Waals surface area contributed by atoms with E-state index in [0.717, 1.165) is 26.4 Å². The van der Waals surface area contributed by atoms with Gasteiger partial charge in [0.2, 0.25) is 0 Å². The number of rotatable bonds is 11. The fourth-order valence-electron chi connectivity index (χ4n) is 7.34. The summed E-state index contributed by atoms with van der Waals surface area (Å²) in [6.07, 6.45) is 4.08. The molecule has 7 rings (SSSR count). The van der Waals surface area contributed by atoms with Crippen LogP contribution < -0.4 is 18.9 Å². The van der Waals surface area contributed by atoms with Gasteiger partial charge in [0, 0.05) is 11.3 Å². The Kier molecular flexibility index (Phi) is 12.5. The van der Waals surface area contributed by atoms with Gasteiger partial charge in [-0.2, -0.15) is 0 Å². The van der Waals surface area contributed by atoms with Gasteiger partial charge in [0.25, 0.3) is 0 Å². The van der Waals surface area contributed by atoms with Gasteiger partial charge in [-0.25, -0.2) is 4.98 Å². The van der Waals surface area contributed by atoms with Gasteiger partial charge in [0.1, 0.15) is 28.0 Å². The van der Waals surface area contributed by atoms with E-state index in [2.05, 4.69) is 0 Å². The Bertz CT molecular complexity index is 2230. The number of ether oxygens (including phenoxy) is 4. The van der Waals surface area contributed by atoms with Crippen LogP contribution in [0.3, 0.4) is 0 Å². The smallest absolute Gasteiger partial charge is 0.314 e. The molecule has 0 radical (unpaired) electrons. The van der Waals surface area contributed by atoms with Crippen molar-refractivity contribution in [3.8, 4) is 23.0 Å². The highest BCUT2D eigenvalue weighted by atomic mass is 32.1. The minimum atomic E-state index is -0.386. The summed E-state index contributed by atoms with van der Waals surface area (Å²) in [4.78, 5) is 62.2. The van der Waals surface area contributed by atoms with Crippen molar-refractivity contribution in [1.29, 1.82) is 0 Å². The Morgan fingerprint density at radius 1 is 0.596 bits per heavy atom. The largest absolute Gasteiger partial charge is 0.426 e. The molecule has 5 aromatic rings. The van der Waals surface area contributed by atoms with Gasteiger partial charge in [0.05, 0.1) is 40.4 Å². The molecule has 4 aromatic carbocycles. The monoisotopic (exact) mass is 786 g/mol. The molecule has 1 aromatic heterocycles. The molecule has 0 bridgehead atoms. The van der Waals surface area contributed by atoms with Gasteiger partial charge in [-0.3, -0.25) is 24.2 Å². The average Bonchev–Trinajstić information content (AvgIpc) is 3.65. The van der Waals surface area contributed by atoms with Gasteiger partial charge in [-0.05, 0) is 127 Å². The summed E-state index contributed by atoms with van der Waals surface area (Å²) in [5, 5.41) is 0.840. The van der Waals surface area contributed by atoms with Crippen molar-refractivity contribution in [2.75, 3.05) is 0 Å². The number of hydrogen-bond acceptors (Lipinski definition) is 11. The van der Waals surface area contributed by atoms with E-state index in [9.17, 15) is 19.2 Å². The van der Waals surface area contributed by atoms with Crippen molar-refractivity contribution in [2.45, 2.75) is 78.7 Å². The summed E-state index contributed by atoms with van der Waals surface area (Å²) in [5.41, 5.74) is 4.18. The highest BCUT2D eigenvalue weighted by Gasteiger charge is 2.34. The number of aromatic nitrogens is 1. The number of aryl methyl sites for hydroxylation is 2. The summed E-state index contributed by atoms with van der Waals surface area (Å²) in [5.74, 6) is -1.03. The standard InChI is InChI=1S/C46H46N2O8S/c1-28-8-20-35(21-9-28)53-43(49)31-12-14-33(15-13-31)45(51)55-37-24-25-40(38(26-37)30(3)47-27-42-48-39-6-4-5-7-41(39)57-42)56-46(52)34-18-16-32(17-19-34)44(50)54-36-22-10-29(2)11-23-36/h4-11,20-26,31-34H,12-19,27H2,1-3H3. The third-order valence-corrected chi connectivity index (χ3v) is 11.8. The lowest BCUT2D eigenvalue weighted by Gasteiger charge is -2.26. The molecule has 0 saturated heterocycles. The Morgan fingerprint density at radius 3 is 1.53 bits per heavy atom. The molecule has 0 unspecified atom stereocenters. The molecule has 2 aliphatic carbocycles. The Morgan fingerprint density at radius 2 is 1.04 bits per heavy atom. The van der Waals surface area contributed by atoms with Crippen LogP contribution in [0.25, 0.3) is 10.2 Å². The fraction of sp³-hybridized carbons (Fsp3) is 0.348. The van der Waals surface area contributed by atoms with Crippen molar-refractivity contribution in [2.24, 2.45) is 28.7 Å². The van der Waals surface area contributed by atoms with Crippen LogP contribution in [-0.2, 0) is 25.7 Å². The van der Waals surface area contributed by atoms with Crippen LogP contribution in [0.1, 0.15) is 80.0 Å². The van der Waals surface area contributed by atoms with E-state index in [-0.39, 0.29) is 47.5 Å². The highest BCUT2D eigenvalue weighted by molar-refractivity contribution is 7.18. The zero-order valence-corrected chi connectivity index (χ0v) is 33.2. The van der Waals surface area contributed by atoms with E-state index in [1.807, 2.05) is 69.3 Å². The van der Waals surface area contributed by atoms with Crippen LogP contribution in [0.4, 0.5) is 0 Å². The number of aliphatic imine (C=N–C) groups is 1. The molecule has 57 heavy (non-hydrogen) atoms. The van der Waals surface area contributed by atoms with Crippen molar-refractivity contribution < 1.29 is 38.1 Å². The first kappa shape index (κ1) is 39.6. The highest BCUT2D eigenvalue weighted by Crippen LogP contribution is 2.35. The van der Waals surface area contributed by atoms with Gasteiger partial charge >= 0.3 is 23.9 Å². The van der Waals surface area contributed by atoms with Crippen LogP contribution in [0.15, 0.2) is 96.0 Å². The zero-order valence-electron chi connectivity index (χ0n) is 32.4. The lowest BCUT2D eigenvalue weighted by Crippen LogP contribution is -2.31. The first-order valence-corrected chi connectivity index (χ1v) is 20.4. The minimum absolute atomic E-state index is 0.283. The lowest BCUT2D eigenvalue weighted by atomic mass is 9.82. The second-order valence-corrected chi connectivity index (χ2v) is 16.2. The van der Waals surface area contributed by atoms with Gasteiger partial charge in [0.15, 0.2) is 0 Å². The molecule has 2 saturated carbocycles. The summed E-state index contributed by atoms with van der Waals surface area (Å²) in [6, 6.07) is 27.5. The van der Waals surface area contributed by atoms with Crippen LogP contribution in [0, 0.1) is 37.5 Å². The number of thiazole rings is 1. The topological polar surface area (TPSA) is 130 Å². The maximum absolute atomic E-state index is 13.6. The lowest BCUT2D eigenvalue weighted by molar-refractivity contribution is -0.145. The predicted octanol–water partition coefficient (Wildman–Crippen LogP) is 9.56. The number of hydrogen-bond donors (Lipinski definition) is 0. The molecule has 11 heteroatoms. The Hall–Kier alpha value is -5.68. The van der Waals surface area contributed by atoms with E-state index >= 15 is 0 Å². The predicted molar refractivity (Wildman–Crippen MR) is 218 cm³/mol. The van der Waals surface area contributed by atoms with E-state index in [0.29, 0.717) is 92.2 Å². The normalized spacial score (nSPS) is 19.7. The van der Waals surface area contributed by atoms with E-state index < -0.39 is 0 Å². The maximum atomic E-state index is 13.6. The zero-order chi connectivity index (χ0) is 39.9. The molecule has 0 spiro atoms. The average molecular weight is 787 g/mol. The molecular formula is C46H46N2O8S. The first-order chi connectivity index (χ1) is 27.6. The summed E-state index contributed by atoms with van der Waals surface area (Å²) < 4.78 is 24.2. The number of nitrogens with zero attached hydrogens (tertiary/aromatic N) is 2. The van der Waals surface area contributed by atoms with Gasteiger partial charge in [-0.1, -0.05) is 47.5 Å². The fourth-order valence-corrected chi connectivity index (χ4v) is 8.23. The van der Waals surface area contributed by atoms with Crippen LogP contribution in [0.5, 0.6) is 23.0 Å². The number of esters is 4. The number of fused-ring (bicyclic) bond motifs is 1. The third kappa shape index (κ3) is 10.2. The Balaban J connectivity index is 0.999. The SMILES string of the molecule is CC(=NCc1nc2ccccc2s1)c1cc(OC(=O)C2CCC(C(=O)Oc3ccc(C)cc3)CC2)ccc1OC(=O)C1CCC(C(=O)Oc2ccc(C)cc2)CC1. The molecule has 0 atom stereocenters. The van der Waals surface area contributed by atoms with E-state index in [1.54, 1.807) is 53.8 Å². The summed E-state index contributed by atoms with van der Waals surface area (Å²) in [6.45, 7) is 6.09. The van der Waals surface area contributed by atoms with E-state index in [1.165, 1.54) is 0 Å². The van der Waals surface area contributed by atoms with Crippen molar-refractivity contribution in [3.63, 3.8) is 0 Å². The molecule has 10 nitrogen and oxygen atoms in total. The molecule has 0 amide bonds. The van der Waals surface area contributed by atoms with Crippen molar-refractivity contribution >= 4 is 51.1 Å². The van der Waals surface area contributed by atoms with Crippen LogP contribution in [0.2, 0.25) is 0 Å². The summed E-state index contributed by atoms with van der Waals surface area (Å²) >= 11 is 1.57. The number of carbonyl (C=O) groups is 4. The molecule has 294 valence electrons. The maximum Gasteiger partial charge on any atom is 0.314 e. The van der Waals surface area contributed by atoms with Crippen LogP contribution in [-0.4, -0.2) is 34.6 Å². The summed E-state index contributed by atoms with van der Waals surface area (Å²) in [7, 11) is 0. The number of carbonyl (C=O) groups excluding carboxylic acids is 4. The molecule has 0 N–H and O–H groups in total. The molecule has 1 heterocycles. The second-order valence-electron chi connectivity index (χ2n) is 15.0. The third-order valence-electron chi connectivity index (χ3n) is 10.8. The molecule has 0 aliphatic heterocycles. The number of benzene rings is 4. The van der Waals surface area contributed by atoms with Crippen LogP contribution >= 0.6 is 11.3 Å². The van der Waals surface area contributed by atoms with Gasteiger partial charge < -0.3 is 18.9 Å². The second kappa shape index (κ2) is 18.1. The van der Waals surface area contributed by atoms with Crippen molar-refractivity contribution in [1.82, 2.24) is 4.98 Å². The van der Waals surface area contributed by atoms with E-state index in [4.69, 9.17) is 28.9 Å². The first-order valence-electron chi connectivity index (χ1n) is 19.6. The number of para-hydroxylation sites is 1. The molecular weight excluding hydrogens is 741 g/mol. The quantitative estimate of drug-likeness (QED) is 0.0730.